The molecule has 20 heavy (non-hydrogen) atoms. The number of para-hydroxylation sites is 1. The van der Waals surface area contributed by atoms with Crippen LogP contribution < -0.4 is 15.2 Å². The second-order valence-corrected chi connectivity index (χ2v) is 4.61. The molecule has 2 aromatic rings. The highest BCUT2D eigenvalue weighted by molar-refractivity contribution is 6.29. The molecule has 1 aromatic carbocycles. The molecular weight excluding hydrogens is 278 g/mol. The lowest BCUT2D eigenvalue weighted by Crippen LogP contribution is -2.08. The van der Waals surface area contributed by atoms with E-state index in [0.717, 1.165) is 11.4 Å². The molecule has 0 atom stereocenters. The Bertz CT molecular complexity index is 584. The summed E-state index contributed by atoms with van der Waals surface area (Å²) in [5.41, 5.74) is 6.64. The summed E-state index contributed by atoms with van der Waals surface area (Å²) in [6.45, 7) is 3.19. The molecule has 0 unspecified atom stereocenters. The summed E-state index contributed by atoms with van der Waals surface area (Å²) in [6, 6.07) is 5.68. The molecule has 0 amide bonds. The van der Waals surface area contributed by atoms with Crippen LogP contribution in [0.4, 0.5) is 0 Å². The smallest absolute Gasteiger partial charge is 0.166 e. The number of hydrogen-bond acceptors (Lipinski definition) is 4. The normalized spacial score (nSPS) is 10.6. The molecule has 0 saturated heterocycles. The van der Waals surface area contributed by atoms with E-state index in [0.29, 0.717) is 36.4 Å². The zero-order valence-corrected chi connectivity index (χ0v) is 12.4. The third kappa shape index (κ3) is 3.05. The minimum Gasteiger partial charge on any atom is -0.490 e. The van der Waals surface area contributed by atoms with E-state index in [2.05, 4.69) is 4.98 Å². The Hall–Kier alpha value is -1.72. The molecule has 2 N–H and O–H groups in total. The van der Waals surface area contributed by atoms with Crippen LogP contribution >= 0.6 is 11.6 Å². The fourth-order valence-electron chi connectivity index (χ4n) is 1.85. The van der Waals surface area contributed by atoms with Crippen LogP contribution in [0.1, 0.15) is 18.3 Å². The second-order valence-electron chi connectivity index (χ2n) is 4.23. The molecule has 108 valence electrons. The largest absolute Gasteiger partial charge is 0.490 e. The Morgan fingerprint density at radius 1 is 1.35 bits per heavy atom. The number of nitrogens with two attached hydrogens (primary N) is 1. The average Bonchev–Trinajstić information content (AvgIpc) is 2.77. The highest BCUT2D eigenvalue weighted by atomic mass is 35.5. The topological polar surface area (TPSA) is 62.3 Å². The maximum absolute atomic E-state index is 5.95. The second kappa shape index (κ2) is 6.63. The van der Waals surface area contributed by atoms with Gasteiger partial charge in [-0.3, -0.25) is 0 Å². The molecular formula is C14H18ClN3O2. The highest BCUT2D eigenvalue weighted by Gasteiger charge is 2.12. The summed E-state index contributed by atoms with van der Waals surface area (Å²) in [7, 11) is 1.84. The summed E-state index contributed by atoms with van der Waals surface area (Å²) in [5, 5.41) is 0.570. The van der Waals surface area contributed by atoms with Gasteiger partial charge in [-0.2, -0.15) is 0 Å². The molecule has 0 radical (unpaired) electrons. The van der Waals surface area contributed by atoms with Crippen molar-refractivity contribution in [3.8, 4) is 11.5 Å². The van der Waals surface area contributed by atoms with Gasteiger partial charge in [-0.05, 0) is 13.0 Å². The first kappa shape index (κ1) is 14.7. The third-order valence-corrected chi connectivity index (χ3v) is 3.30. The number of hydrogen-bond donors (Lipinski definition) is 1. The number of imidazole rings is 1. The zero-order chi connectivity index (χ0) is 14.5. The monoisotopic (exact) mass is 295 g/mol. The van der Waals surface area contributed by atoms with Crippen molar-refractivity contribution in [1.82, 2.24) is 9.55 Å². The van der Waals surface area contributed by atoms with Crippen LogP contribution in [0.5, 0.6) is 11.5 Å². The molecule has 0 bridgehead atoms. The van der Waals surface area contributed by atoms with Crippen molar-refractivity contribution in [3.05, 3.63) is 40.9 Å². The fraction of sp³-hybridized carbons (Fsp3) is 0.357. The van der Waals surface area contributed by atoms with Crippen molar-refractivity contribution in [1.29, 1.82) is 0 Å². The quantitative estimate of drug-likeness (QED) is 0.889. The van der Waals surface area contributed by atoms with E-state index in [1.54, 1.807) is 10.8 Å². The molecule has 0 aliphatic heterocycles. The first-order chi connectivity index (χ1) is 9.67. The maximum atomic E-state index is 5.95. The van der Waals surface area contributed by atoms with Crippen LogP contribution in [0.3, 0.4) is 0 Å². The van der Waals surface area contributed by atoms with Gasteiger partial charge in [-0.15, -0.1) is 0 Å². The first-order valence-electron chi connectivity index (χ1n) is 6.41. The molecule has 5 nitrogen and oxygen atoms in total. The standard InChI is InChI=1S/C14H18ClN3O2/c1-3-19-11-6-4-5-10(7-16)14(11)20-9-13-17-8-12(15)18(13)2/h4-6,8H,3,7,9,16H2,1-2H3. The highest BCUT2D eigenvalue weighted by Crippen LogP contribution is 2.31. The third-order valence-electron chi connectivity index (χ3n) is 2.95. The Morgan fingerprint density at radius 3 is 2.75 bits per heavy atom. The number of halogens is 1. The van der Waals surface area contributed by atoms with Gasteiger partial charge >= 0.3 is 0 Å². The number of ether oxygens (including phenoxy) is 2. The molecule has 2 rings (SSSR count). The van der Waals surface area contributed by atoms with Crippen molar-refractivity contribution in [2.45, 2.75) is 20.1 Å². The fourth-order valence-corrected chi connectivity index (χ4v) is 2.00. The van der Waals surface area contributed by atoms with E-state index in [1.165, 1.54) is 0 Å². The van der Waals surface area contributed by atoms with Gasteiger partial charge < -0.3 is 19.8 Å². The first-order valence-corrected chi connectivity index (χ1v) is 6.78. The Balaban J connectivity index is 2.21. The molecule has 0 aliphatic rings. The van der Waals surface area contributed by atoms with Gasteiger partial charge in [0.25, 0.3) is 0 Å². The molecule has 0 aliphatic carbocycles. The van der Waals surface area contributed by atoms with Crippen LogP contribution in [-0.2, 0) is 20.2 Å². The van der Waals surface area contributed by atoms with E-state index < -0.39 is 0 Å². The van der Waals surface area contributed by atoms with Crippen molar-refractivity contribution < 1.29 is 9.47 Å². The van der Waals surface area contributed by atoms with Crippen LogP contribution in [0.15, 0.2) is 24.4 Å². The number of nitrogens with zero attached hydrogens (tertiary/aromatic N) is 2. The van der Waals surface area contributed by atoms with Crippen molar-refractivity contribution in [2.75, 3.05) is 6.61 Å². The SMILES string of the molecule is CCOc1cccc(CN)c1OCc1ncc(Cl)n1C. The molecule has 0 saturated carbocycles. The minimum absolute atomic E-state index is 0.306. The number of benzene rings is 1. The van der Waals surface area contributed by atoms with Gasteiger partial charge in [0.1, 0.15) is 17.6 Å². The van der Waals surface area contributed by atoms with E-state index in [1.807, 2.05) is 32.2 Å². The molecule has 6 heteroatoms. The van der Waals surface area contributed by atoms with Gasteiger partial charge in [0, 0.05) is 19.2 Å². The minimum atomic E-state index is 0.306. The zero-order valence-electron chi connectivity index (χ0n) is 11.6. The molecule has 1 heterocycles. The molecule has 1 aromatic heterocycles. The van der Waals surface area contributed by atoms with Crippen LogP contribution in [-0.4, -0.2) is 16.2 Å². The number of rotatable bonds is 6. The maximum Gasteiger partial charge on any atom is 0.166 e. The Morgan fingerprint density at radius 2 is 2.15 bits per heavy atom. The summed E-state index contributed by atoms with van der Waals surface area (Å²) in [6.07, 6.45) is 1.60. The summed E-state index contributed by atoms with van der Waals surface area (Å²) in [4.78, 5) is 4.20. The van der Waals surface area contributed by atoms with Crippen molar-refractivity contribution in [2.24, 2.45) is 12.8 Å². The van der Waals surface area contributed by atoms with Crippen LogP contribution in [0, 0.1) is 0 Å². The van der Waals surface area contributed by atoms with E-state index >= 15 is 0 Å². The van der Waals surface area contributed by atoms with Crippen molar-refractivity contribution in [3.63, 3.8) is 0 Å². The summed E-state index contributed by atoms with van der Waals surface area (Å²) in [5.74, 6) is 2.09. The van der Waals surface area contributed by atoms with Gasteiger partial charge in [-0.1, -0.05) is 23.7 Å². The van der Waals surface area contributed by atoms with E-state index in [-0.39, 0.29) is 0 Å². The van der Waals surface area contributed by atoms with E-state index in [4.69, 9.17) is 26.8 Å². The average molecular weight is 296 g/mol. The lowest BCUT2D eigenvalue weighted by Gasteiger charge is -2.15. The van der Waals surface area contributed by atoms with E-state index in [9.17, 15) is 0 Å². The summed E-state index contributed by atoms with van der Waals surface area (Å²) < 4.78 is 13.2. The molecule has 0 fully saturated rings. The summed E-state index contributed by atoms with van der Waals surface area (Å²) >= 11 is 5.95. The molecule has 0 spiro atoms. The van der Waals surface area contributed by atoms with Crippen LogP contribution in [0.2, 0.25) is 5.15 Å². The lowest BCUT2D eigenvalue weighted by atomic mass is 10.2. The van der Waals surface area contributed by atoms with Gasteiger partial charge in [-0.25, -0.2) is 4.98 Å². The predicted molar refractivity (Wildman–Crippen MR) is 78.1 cm³/mol. The van der Waals surface area contributed by atoms with Crippen LogP contribution in [0.25, 0.3) is 0 Å². The van der Waals surface area contributed by atoms with Gasteiger partial charge in [0.15, 0.2) is 11.5 Å². The van der Waals surface area contributed by atoms with Crippen molar-refractivity contribution >= 4 is 11.6 Å². The predicted octanol–water partition coefficient (Wildman–Crippen LogP) is 2.51. The van der Waals surface area contributed by atoms with Gasteiger partial charge in [0.05, 0.1) is 12.8 Å². The lowest BCUT2D eigenvalue weighted by molar-refractivity contribution is 0.258. The van der Waals surface area contributed by atoms with Gasteiger partial charge in [0.2, 0.25) is 0 Å². The Labute approximate surface area is 123 Å². The number of aromatic nitrogens is 2. The Kier molecular flexibility index (Phi) is 4.87.